The minimum atomic E-state index is 0.00885. The Labute approximate surface area is 105 Å². The molecule has 0 N–H and O–H groups in total. The second kappa shape index (κ2) is 8.09. The van der Waals surface area contributed by atoms with Crippen molar-refractivity contribution < 1.29 is 9.59 Å². The minimum absolute atomic E-state index is 0.00885. The summed E-state index contributed by atoms with van der Waals surface area (Å²) in [7, 11) is 1.79. The molecular formula is C13H26N2O2. The lowest BCUT2D eigenvalue weighted by Gasteiger charge is -2.23. The van der Waals surface area contributed by atoms with Crippen LogP contribution in [0, 0.1) is 11.8 Å². The van der Waals surface area contributed by atoms with Gasteiger partial charge in [-0.25, -0.2) is 0 Å². The van der Waals surface area contributed by atoms with E-state index in [0.717, 1.165) is 19.4 Å². The molecule has 0 unspecified atom stereocenters. The maximum atomic E-state index is 11.8. The van der Waals surface area contributed by atoms with Crippen molar-refractivity contribution in [3.8, 4) is 0 Å². The van der Waals surface area contributed by atoms with Gasteiger partial charge in [0, 0.05) is 20.1 Å². The molecule has 0 heterocycles. The van der Waals surface area contributed by atoms with Crippen LogP contribution in [-0.4, -0.2) is 48.8 Å². The van der Waals surface area contributed by atoms with Gasteiger partial charge in [0.25, 0.3) is 0 Å². The van der Waals surface area contributed by atoms with Crippen LogP contribution in [0.4, 0.5) is 0 Å². The van der Waals surface area contributed by atoms with E-state index >= 15 is 0 Å². The normalized spacial score (nSPS) is 10.8. The molecule has 0 aliphatic carbocycles. The summed E-state index contributed by atoms with van der Waals surface area (Å²) in [6.07, 6.45) is 1.70. The molecule has 0 aliphatic heterocycles. The number of rotatable bonds is 8. The standard InChI is InChI=1S/C13H26N2O2/c1-11(2)6-7-15(10-16)9-13(17)14(5)8-12(3)4/h10-12H,6-9H2,1-5H3. The van der Waals surface area contributed by atoms with Gasteiger partial charge in [-0.05, 0) is 18.3 Å². The van der Waals surface area contributed by atoms with Crippen molar-refractivity contribution in [2.24, 2.45) is 11.8 Å². The third-order valence-electron chi connectivity index (χ3n) is 2.55. The van der Waals surface area contributed by atoms with Crippen LogP contribution in [0.15, 0.2) is 0 Å². The molecule has 0 aliphatic rings. The lowest BCUT2D eigenvalue weighted by atomic mass is 10.1. The molecule has 0 radical (unpaired) electrons. The fourth-order valence-corrected chi connectivity index (χ4v) is 1.54. The second-order valence-corrected chi connectivity index (χ2v) is 5.43. The van der Waals surface area contributed by atoms with E-state index in [9.17, 15) is 9.59 Å². The number of amides is 2. The van der Waals surface area contributed by atoms with Gasteiger partial charge in [0.15, 0.2) is 0 Å². The highest BCUT2D eigenvalue weighted by molar-refractivity contribution is 5.79. The van der Waals surface area contributed by atoms with E-state index in [4.69, 9.17) is 0 Å². The monoisotopic (exact) mass is 242 g/mol. The van der Waals surface area contributed by atoms with Crippen molar-refractivity contribution in [3.05, 3.63) is 0 Å². The molecule has 0 spiro atoms. The first-order valence-electron chi connectivity index (χ1n) is 6.30. The Hall–Kier alpha value is -1.06. The van der Waals surface area contributed by atoms with Crippen molar-refractivity contribution in [2.75, 3.05) is 26.7 Å². The van der Waals surface area contributed by atoms with Crippen LogP contribution in [-0.2, 0) is 9.59 Å². The van der Waals surface area contributed by atoms with E-state index < -0.39 is 0 Å². The molecule has 0 aromatic carbocycles. The van der Waals surface area contributed by atoms with Gasteiger partial charge in [0.1, 0.15) is 0 Å². The van der Waals surface area contributed by atoms with Gasteiger partial charge in [-0.2, -0.15) is 0 Å². The average Bonchev–Trinajstić information content (AvgIpc) is 2.22. The highest BCUT2D eigenvalue weighted by atomic mass is 16.2. The van der Waals surface area contributed by atoms with E-state index in [-0.39, 0.29) is 12.5 Å². The van der Waals surface area contributed by atoms with Gasteiger partial charge in [-0.1, -0.05) is 27.7 Å². The molecular weight excluding hydrogens is 216 g/mol. The van der Waals surface area contributed by atoms with E-state index in [0.29, 0.717) is 18.4 Å². The zero-order chi connectivity index (χ0) is 13.4. The second-order valence-electron chi connectivity index (χ2n) is 5.43. The maximum absolute atomic E-state index is 11.8. The molecule has 4 heteroatoms. The van der Waals surface area contributed by atoms with Crippen LogP contribution in [0.2, 0.25) is 0 Å². The molecule has 17 heavy (non-hydrogen) atoms. The Balaban J connectivity index is 4.09. The summed E-state index contributed by atoms with van der Waals surface area (Å²) in [5, 5.41) is 0. The largest absolute Gasteiger partial charge is 0.344 e. The van der Waals surface area contributed by atoms with Crippen molar-refractivity contribution in [1.29, 1.82) is 0 Å². The Morgan fingerprint density at radius 2 is 1.76 bits per heavy atom. The molecule has 0 aromatic heterocycles. The molecule has 0 saturated carbocycles. The molecule has 0 fully saturated rings. The molecule has 0 atom stereocenters. The summed E-state index contributed by atoms with van der Waals surface area (Å²) in [5.41, 5.74) is 0. The predicted molar refractivity (Wildman–Crippen MR) is 69.6 cm³/mol. The minimum Gasteiger partial charge on any atom is -0.344 e. The average molecular weight is 242 g/mol. The lowest BCUT2D eigenvalue weighted by Crippen LogP contribution is -2.39. The quantitative estimate of drug-likeness (QED) is 0.607. The van der Waals surface area contributed by atoms with Crippen LogP contribution in [0.1, 0.15) is 34.1 Å². The smallest absolute Gasteiger partial charge is 0.241 e. The number of hydrogen-bond acceptors (Lipinski definition) is 2. The zero-order valence-electron chi connectivity index (χ0n) is 11.8. The van der Waals surface area contributed by atoms with Gasteiger partial charge >= 0.3 is 0 Å². The molecule has 4 nitrogen and oxygen atoms in total. The van der Waals surface area contributed by atoms with Crippen LogP contribution in [0.3, 0.4) is 0 Å². The number of likely N-dealkylation sites (N-methyl/N-ethyl adjacent to an activating group) is 1. The van der Waals surface area contributed by atoms with Crippen molar-refractivity contribution in [1.82, 2.24) is 9.80 Å². The number of carbonyl (C=O) groups excluding carboxylic acids is 2. The van der Waals surface area contributed by atoms with Crippen molar-refractivity contribution in [2.45, 2.75) is 34.1 Å². The van der Waals surface area contributed by atoms with Crippen molar-refractivity contribution >= 4 is 12.3 Å². The number of hydrogen-bond donors (Lipinski definition) is 0. The topological polar surface area (TPSA) is 40.6 Å². The van der Waals surface area contributed by atoms with Gasteiger partial charge in [-0.3, -0.25) is 9.59 Å². The van der Waals surface area contributed by atoms with E-state index in [1.54, 1.807) is 16.8 Å². The number of carbonyl (C=O) groups is 2. The van der Waals surface area contributed by atoms with Crippen LogP contribution in [0.5, 0.6) is 0 Å². The Kier molecular flexibility index (Phi) is 7.59. The lowest BCUT2D eigenvalue weighted by molar-refractivity contribution is -0.135. The van der Waals surface area contributed by atoms with E-state index in [1.807, 2.05) is 0 Å². The molecule has 0 bridgehead atoms. The van der Waals surface area contributed by atoms with Crippen LogP contribution >= 0.6 is 0 Å². The fraction of sp³-hybridized carbons (Fsp3) is 0.846. The summed E-state index contributed by atoms with van der Waals surface area (Å²) < 4.78 is 0. The van der Waals surface area contributed by atoms with Crippen molar-refractivity contribution in [3.63, 3.8) is 0 Å². The molecule has 100 valence electrons. The highest BCUT2D eigenvalue weighted by Gasteiger charge is 2.14. The Morgan fingerprint density at radius 1 is 1.18 bits per heavy atom. The Morgan fingerprint density at radius 3 is 2.18 bits per heavy atom. The number of nitrogens with zero attached hydrogens (tertiary/aromatic N) is 2. The first kappa shape index (κ1) is 15.9. The van der Waals surface area contributed by atoms with Crippen LogP contribution < -0.4 is 0 Å². The fourth-order valence-electron chi connectivity index (χ4n) is 1.54. The van der Waals surface area contributed by atoms with Gasteiger partial charge in [-0.15, -0.1) is 0 Å². The third-order valence-corrected chi connectivity index (χ3v) is 2.55. The SMILES string of the molecule is CC(C)CCN(C=O)CC(=O)N(C)CC(C)C. The molecule has 0 saturated heterocycles. The maximum Gasteiger partial charge on any atom is 0.241 e. The van der Waals surface area contributed by atoms with Gasteiger partial charge in [0.05, 0.1) is 6.54 Å². The van der Waals surface area contributed by atoms with Gasteiger partial charge < -0.3 is 9.80 Å². The Bertz CT molecular complexity index is 240. The highest BCUT2D eigenvalue weighted by Crippen LogP contribution is 2.02. The summed E-state index contributed by atoms with van der Waals surface area (Å²) >= 11 is 0. The predicted octanol–water partition coefficient (Wildman–Crippen LogP) is 1.61. The third kappa shape index (κ3) is 7.77. The van der Waals surface area contributed by atoms with E-state index in [2.05, 4.69) is 27.7 Å². The molecule has 2 amide bonds. The first-order valence-corrected chi connectivity index (χ1v) is 6.30. The van der Waals surface area contributed by atoms with Gasteiger partial charge in [0.2, 0.25) is 12.3 Å². The molecule has 0 aromatic rings. The molecule has 0 rings (SSSR count). The summed E-state index contributed by atoms with van der Waals surface area (Å²) in [6.45, 7) is 9.93. The first-order chi connectivity index (χ1) is 7.86. The zero-order valence-corrected chi connectivity index (χ0v) is 11.8. The summed E-state index contributed by atoms with van der Waals surface area (Å²) in [6, 6.07) is 0. The van der Waals surface area contributed by atoms with Crippen LogP contribution in [0.25, 0.3) is 0 Å². The summed E-state index contributed by atoms with van der Waals surface area (Å²) in [5.74, 6) is 1.000. The van der Waals surface area contributed by atoms with E-state index in [1.165, 1.54) is 0 Å². The summed E-state index contributed by atoms with van der Waals surface area (Å²) in [4.78, 5) is 25.9.